The summed E-state index contributed by atoms with van der Waals surface area (Å²) in [7, 11) is 0. The highest BCUT2D eigenvalue weighted by atomic mass is 19.1. The van der Waals surface area contributed by atoms with Crippen molar-refractivity contribution in [2.75, 3.05) is 18.8 Å². The number of hydrogen-bond donors (Lipinski definition) is 1. The van der Waals surface area contributed by atoms with Crippen LogP contribution in [-0.4, -0.2) is 30.2 Å². The number of nitrogens with two attached hydrogens (primary N) is 1. The van der Waals surface area contributed by atoms with Gasteiger partial charge in [-0.15, -0.1) is 0 Å². The smallest absolute Gasteiger partial charge is 0.146 e. The molecular formula is C13H17FN2O. The second-order valence-electron chi connectivity index (χ2n) is 4.96. The molecule has 0 saturated carbocycles. The highest BCUT2D eigenvalue weighted by Gasteiger charge is 2.33. The normalized spacial score (nSPS) is 28.5. The van der Waals surface area contributed by atoms with E-state index in [-0.39, 0.29) is 11.5 Å². The van der Waals surface area contributed by atoms with Gasteiger partial charge in [0.1, 0.15) is 5.82 Å². The summed E-state index contributed by atoms with van der Waals surface area (Å²) in [6.45, 7) is 2.60. The molecule has 0 radical (unpaired) electrons. The van der Waals surface area contributed by atoms with E-state index in [1.165, 1.54) is 6.07 Å². The van der Waals surface area contributed by atoms with Gasteiger partial charge in [0, 0.05) is 19.6 Å². The molecule has 3 nitrogen and oxygen atoms in total. The Labute approximate surface area is 100 Å². The van der Waals surface area contributed by atoms with Crippen LogP contribution in [0, 0.1) is 5.82 Å². The first-order valence-corrected chi connectivity index (χ1v) is 6.13. The third-order valence-electron chi connectivity index (χ3n) is 3.66. The molecule has 3 rings (SSSR count). The molecule has 2 aliphatic rings. The van der Waals surface area contributed by atoms with Crippen LogP contribution in [0.15, 0.2) is 18.2 Å². The molecule has 0 aromatic heterocycles. The number of anilines is 1. The maximum atomic E-state index is 13.3. The van der Waals surface area contributed by atoms with Crippen LogP contribution in [-0.2, 0) is 11.3 Å². The summed E-state index contributed by atoms with van der Waals surface area (Å²) in [5.74, 6) is -0.321. The molecule has 92 valence electrons. The van der Waals surface area contributed by atoms with E-state index in [9.17, 15) is 4.39 Å². The Morgan fingerprint density at radius 2 is 2.00 bits per heavy atom. The van der Waals surface area contributed by atoms with Crippen molar-refractivity contribution in [2.45, 2.75) is 31.6 Å². The van der Waals surface area contributed by atoms with Crippen molar-refractivity contribution >= 4 is 5.69 Å². The summed E-state index contributed by atoms with van der Waals surface area (Å²) in [5.41, 5.74) is 6.92. The lowest BCUT2D eigenvalue weighted by Gasteiger charge is -2.32. The minimum Gasteiger partial charge on any atom is -0.396 e. The Morgan fingerprint density at radius 1 is 1.29 bits per heavy atom. The van der Waals surface area contributed by atoms with Crippen molar-refractivity contribution in [1.29, 1.82) is 0 Å². The molecule has 2 bridgehead atoms. The SMILES string of the molecule is Nc1c(F)cccc1CN1CC2CCC(C1)O2. The van der Waals surface area contributed by atoms with Crippen LogP contribution < -0.4 is 5.73 Å². The summed E-state index contributed by atoms with van der Waals surface area (Å²) >= 11 is 0. The standard InChI is InChI=1S/C13H17FN2O/c14-12-3-1-2-9(13(12)15)6-16-7-10-4-5-11(8-16)17-10/h1-3,10-11H,4-8,15H2. The molecule has 0 amide bonds. The second kappa shape index (κ2) is 4.27. The van der Waals surface area contributed by atoms with Crippen LogP contribution in [0.3, 0.4) is 0 Å². The van der Waals surface area contributed by atoms with Crippen molar-refractivity contribution in [3.05, 3.63) is 29.6 Å². The number of ether oxygens (including phenoxy) is 1. The first kappa shape index (κ1) is 11.0. The first-order valence-electron chi connectivity index (χ1n) is 6.13. The quantitative estimate of drug-likeness (QED) is 0.795. The molecule has 2 N–H and O–H groups in total. The Bertz CT molecular complexity index is 412. The fourth-order valence-electron chi connectivity index (χ4n) is 2.79. The average molecular weight is 236 g/mol. The molecule has 0 spiro atoms. The summed E-state index contributed by atoms with van der Waals surface area (Å²) in [6, 6.07) is 5.02. The topological polar surface area (TPSA) is 38.5 Å². The second-order valence-corrected chi connectivity index (χ2v) is 4.96. The van der Waals surface area contributed by atoms with Crippen LogP contribution in [0.4, 0.5) is 10.1 Å². The maximum Gasteiger partial charge on any atom is 0.146 e. The zero-order chi connectivity index (χ0) is 11.8. The van der Waals surface area contributed by atoms with Crippen molar-refractivity contribution in [3.63, 3.8) is 0 Å². The Kier molecular flexibility index (Phi) is 2.76. The number of halogens is 1. The van der Waals surface area contributed by atoms with Gasteiger partial charge in [-0.1, -0.05) is 12.1 Å². The number of nitrogens with zero attached hydrogens (tertiary/aromatic N) is 1. The molecule has 1 aromatic rings. The van der Waals surface area contributed by atoms with Crippen molar-refractivity contribution < 1.29 is 9.13 Å². The van der Waals surface area contributed by atoms with Gasteiger partial charge in [0.05, 0.1) is 17.9 Å². The van der Waals surface area contributed by atoms with Gasteiger partial charge in [-0.25, -0.2) is 4.39 Å². The van der Waals surface area contributed by atoms with Crippen LogP contribution in [0.2, 0.25) is 0 Å². The molecule has 4 heteroatoms. The molecule has 2 heterocycles. The molecular weight excluding hydrogens is 219 g/mol. The van der Waals surface area contributed by atoms with Gasteiger partial charge < -0.3 is 10.5 Å². The number of para-hydroxylation sites is 1. The number of morpholine rings is 1. The minimum atomic E-state index is -0.321. The fraction of sp³-hybridized carbons (Fsp3) is 0.538. The van der Waals surface area contributed by atoms with E-state index in [0.717, 1.165) is 38.0 Å². The number of benzene rings is 1. The fourth-order valence-corrected chi connectivity index (χ4v) is 2.79. The Hall–Kier alpha value is -1.13. The average Bonchev–Trinajstić information content (AvgIpc) is 2.65. The monoisotopic (exact) mass is 236 g/mol. The largest absolute Gasteiger partial charge is 0.396 e. The van der Waals surface area contributed by atoms with Crippen LogP contribution >= 0.6 is 0 Å². The molecule has 2 aliphatic heterocycles. The Morgan fingerprint density at radius 3 is 2.71 bits per heavy atom. The van der Waals surface area contributed by atoms with E-state index in [1.54, 1.807) is 6.07 Å². The first-order chi connectivity index (χ1) is 8.22. The number of hydrogen-bond acceptors (Lipinski definition) is 3. The molecule has 2 saturated heterocycles. The number of rotatable bonds is 2. The lowest BCUT2D eigenvalue weighted by Crippen LogP contribution is -2.42. The van der Waals surface area contributed by atoms with E-state index >= 15 is 0 Å². The molecule has 1 aromatic carbocycles. The van der Waals surface area contributed by atoms with Crippen molar-refractivity contribution in [2.24, 2.45) is 0 Å². The number of likely N-dealkylation sites (tertiary alicyclic amines) is 1. The summed E-state index contributed by atoms with van der Waals surface area (Å²) < 4.78 is 19.1. The predicted octanol–water partition coefficient (Wildman–Crippen LogP) is 1.77. The van der Waals surface area contributed by atoms with Gasteiger partial charge in [-0.2, -0.15) is 0 Å². The van der Waals surface area contributed by atoms with Gasteiger partial charge in [0.2, 0.25) is 0 Å². The van der Waals surface area contributed by atoms with Crippen LogP contribution in [0.5, 0.6) is 0 Å². The van der Waals surface area contributed by atoms with Crippen molar-refractivity contribution in [3.8, 4) is 0 Å². The van der Waals surface area contributed by atoms with E-state index in [0.29, 0.717) is 12.2 Å². The molecule has 2 atom stereocenters. The highest BCUT2D eigenvalue weighted by Crippen LogP contribution is 2.28. The zero-order valence-electron chi connectivity index (χ0n) is 9.73. The predicted molar refractivity (Wildman–Crippen MR) is 64.0 cm³/mol. The van der Waals surface area contributed by atoms with E-state index < -0.39 is 0 Å². The maximum absolute atomic E-state index is 13.3. The lowest BCUT2D eigenvalue weighted by molar-refractivity contribution is -0.0410. The molecule has 17 heavy (non-hydrogen) atoms. The summed E-state index contributed by atoms with van der Waals surface area (Å²) in [4.78, 5) is 2.32. The molecule has 0 aliphatic carbocycles. The van der Waals surface area contributed by atoms with Gasteiger partial charge in [0.15, 0.2) is 0 Å². The third-order valence-corrected chi connectivity index (χ3v) is 3.66. The van der Waals surface area contributed by atoms with Gasteiger partial charge in [-0.3, -0.25) is 4.90 Å². The summed E-state index contributed by atoms with van der Waals surface area (Å²) in [6.07, 6.45) is 3.03. The van der Waals surface area contributed by atoms with Crippen molar-refractivity contribution in [1.82, 2.24) is 4.90 Å². The third kappa shape index (κ3) is 2.15. The number of nitrogen functional groups attached to an aromatic ring is 1. The molecule has 2 fully saturated rings. The molecule has 2 unspecified atom stereocenters. The summed E-state index contributed by atoms with van der Waals surface area (Å²) in [5, 5.41) is 0. The van der Waals surface area contributed by atoms with E-state index in [4.69, 9.17) is 10.5 Å². The number of fused-ring (bicyclic) bond motifs is 2. The highest BCUT2D eigenvalue weighted by molar-refractivity contribution is 5.47. The van der Waals surface area contributed by atoms with Gasteiger partial charge >= 0.3 is 0 Å². The zero-order valence-corrected chi connectivity index (χ0v) is 9.73. The Balaban J connectivity index is 1.72. The lowest BCUT2D eigenvalue weighted by atomic mass is 10.1. The minimum absolute atomic E-state index is 0.284. The van der Waals surface area contributed by atoms with Gasteiger partial charge in [-0.05, 0) is 24.5 Å². The van der Waals surface area contributed by atoms with E-state index in [1.807, 2.05) is 6.07 Å². The van der Waals surface area contributed by atoms with Crippen LogP contribution in [0.25, 0.3) is 0 Å². The van der Waals surface area contributed by atoms with Gasteiger partial charge in [0.25, 0.3) is 0 Å². The van der Waals surface area contributed by atoms with E-state index in [2.05, 4.69) is 4.90 Å². The van der Waals surface area contributed by atoms with Crippen LogP contribution in [0.1, 0.15) is 18.4 Å².